The zero-order chi connectivity index (χ0) is 44.5. The average molecular weight is 845 g/mol. The van der Waals surface area contributed by atoms with E-state index in [1.165, 1.54) is 55.1 Å². The van der Waals surface area contributed by atoms with Crippen molar-refractivity contribution in [2.75, 3.05) is 27.7 Å². The molecule has 2 unspecified atom stereocenters. The Bertz CT molecular complexity index is 1970. The number of likely N-dealkylation sites (N-methyl/N-ethyl adjacent to an activating group) is 1. The average Bonchev–Trinajstić information content (AvgIpc) is 3.78. The van der Waals surface area contributed by atoms with Crippen molar-refractivity contribution in [3.05, 3.63) is 30.3 Å². The molecule has 5 heterocycles. The Morgan fingerprint density at radius 1 is 1.05 bits per heavy atom. The lowest BCUT2D eigenvalue weighted by molar-refractivity contribution is -0.295. The highest BCUT2D eigenvalue weighted by Gasteiger charge is 2.61. The molecule has 5 rings (SSSR count). The highest BCUT2D eigenvalue weighted by atomic mass is 19.1. The number of aromatic nitrogens is 4. The molecule has 0 aliphatic carbocycles. The highest BCUT2D eigenvalue weighted by molar-refractivity contribution is 6.08. The smallest absolute Gasteiger partial charge is 0.411 e. The van der Waals surface area contributed by atoms with Gasteiger partial charge in [0.1, 0.15) is 36.0 Å². The van der Waals surface area contributed by atoms with Gasteiger partial charge < -0.3 is 33.7 Å². The van der Waals surface area contributed by atoms with Gasteiger partial charge >= 0.3 is 12.1 Å². The Morgan fingerprint density at radius 3 is 2.37 bits per heavy atom. The number of carbonyl (C=O) groups excluding carboxylic acids is 4. The van der Waals surface area contributed by atoms with E-state index in [1.54, 1.807) is 41.8 Å². The molecular formula is C42H58F2N6O10. The minimum Gasteiger partial charge on any atom is -0.455 e. The van der Waals surface area contributed by atoms with Gasteiger partial charge in [-0.1, -0.05) is 44.7 Å². The van der Waals surface area contributed by atoms with Gasteiger partial charge in [-0.25, -0.2) is 23.1 Å². The minimum absolute atomic E-state index is 0.0201. The molecule has 60 heavy (non-hydrogen) atoms. The number of aliphatic hydroxyl groups excluding tert-OH is 1. The molecule has 3 fully saturated rings. The van der Waals surface area contributed by atoms with Gasteiger partial charge in [-0.15, -0.1) is 5.10 Å². The molecule has 330 valence electrons. The number of cyclic esters (lactones) is 1. The number of Topliss-reactive ketones (excluding diaryl/α,β-unsaturated/α-hetero) is 2. The number of esters is 1. The van der Waals surface area contributed by atoms with Crippen molar-refractivity contribution in [2.24, 2.45) is 17.8 Å². The number of hydrogen-bond acceptors (Lipinski definition) is 14. The molecule has 3 aliphatic rings. The first kappa shape index (κ1) is 46.7. The maximum Gasteiger partial charge on any atom is 0.411 e. The molecule has 2 aromatic heterocycles. The van der Waals surface area contributed by atoms with E-state index in [0.717, 1.165) is 6.92 Å². The number of hydrogen-bond donors (Lipinski definition) is 1. The van der Waals surface area contributed by atoms with E-state index in [4.69, 9.17) is 23.7 Å². The van der Waals surface area contributed by atoms with Crippen LogP contribution in [0.3, 0.4) is 0 Å². The molecule has 0 bridgehead atoms. The maximum absolute atomic E-state index is 16.9. The highest BCUT2D eigenvalue weighted by Crippen LogP contribution is 2.43. The van der Waals surface area contributed by atoms with Crippen LogP contribution in [0.25, 0.3) is 11.4 Å². The van der Waals surface area contributed by atoms with Gasteiger partial charge in [0.15, 0.2) is 17.7 Å². The number of fused-ring (bicyclic) bond motifs is 1. The number of carbonyl (C=O) groups is 4. The topological polar surface area (TPSA) is 185 Å². The summed E-state index contributed by atoms with van der Waals surface area (Å²) in [4.78, 5) is 63.7. The predicted molar refractivity (Wildman–Crippen MR) is 211 cm³/mol. The number of alkyl halides is 1. The molecule has 3 saturated heterocycles. The van der Waals surface area contributed by atoms with E-state index in [2.05, 4.69) is 27.1 Å². The van der Waals surface area contributed by atoms with Gasteiger partial charge in [0, 0.05) is 43.2 Å². The number of methoxy groups -OCH3 is 1. The first-order chi connectivity index (χ1) is 28.1. The van der Waals surface area contributed by atoms with Crippen molar-refractivity contribution in [2.45, 2.75) is 141 Å². The third kappa shape index (κ3) is 9.25. The molecule has 1 amide bonds. The second-order valence-corrected chi connectivity index (χ2v) is 17.0. The summed E-state index contributed by atoms with van der Waals surface area (Å²) < 4.78 is 62.3. The van der Waals surface area contributed by atoms with Gasteiger partial charge in [-0.05, 0) is 67.1 Å². The van der Waals surface area contributed by atoms with E-state index in [9.17, 15) is 28.7 Å². The van der Waals surface area contributed by atoms with Crippen LogP contribution in [0.15, 0.2) is 24.5 Å². The van der Waals surface area contributed by atoms with Crippen molar-refractivity contribution in [3.8, 4) is 23.2 Å². The van der Waals surface area contributed by atoms with Crippen LogP contribution in [-0.4, -0.2) is 146 Å². The van der Waals surface area contributed by atoms with Crippen LogP contribution in [-0.2, 0) is 44.6 Å². The fraction of sp³-hybridized carbons (Fsp3) is 0.690. The summed E-state index contributed by atoms with van der Waals surface area (Å²) in [6.07, 6.45) is -3.03. The van der Waals surface area contributed by atoms with E-state index in [1.807, 2.05) is 11.8 Å². The van der Waals surface area contributed by atoms with E-state index >= 15 is 4.39 Å². The first-order valence-corrected chi connectivity index (χ1v) is 20.2. The van der Waals surface area contributed by atoms with E-state index < -0.39 is 88.9 Å². The number of halogens is 2. The quantitative estimate of drug-likeness (QED) is 0.230. The number of amides is 1. The summed E-state index contributed by atoms with van der Waals surface area (Å²) in [5, 5.41) is 19.4. The van der Waals surface area contributed by atoms with E-state index in [0.29, 0.717) is 12.1 Å². The number of rotatable bonds is 8. The molecule has 2 aromatic rings. The second-order valence-electron chi connectivity index (χ2n) is 17.0. The van der Waals surface area contributed by atoms with Crippen LogP contribution >= 0.6 is 0 Å². The van der Waals surface area contributed by atoms with Crippen molar-refractivity contribution in [1.29, 1.82) is 0 Å². The number of ketones is 2. The monoisotopic (exact) mass is 844 g/mol. The molecule has 16 nitrogen and oxygen atoms in total. The Morgan fingerprint density at radius 2 is 1.73 bits per heavy atom. The molecule has 3 aliphatic heterocycles. The normalized spacial score (nSPS) is 36.9. The zero-order valence-electron chi connectivity index (χ0n) is 36.2. The molecule has 0 aromatic carbocycles. The molecule has 1 N–H and O–H groups in total. The number of nitrogens with zero attached hydrogens (tertiary/aromatic N) is 6. The first-order valence-electron chi connectivity index (χ1n) is 20.2. The Kier molecular flexibility index (Phi) is 14.2. The fourth-order valence-corrected chi connectivity index (χ4v) is 8.96. The molecule has 0 saturated carbocycles. The SMILES string of the molecule is CC[C@H]1OC(=O)[C@@](C)(F)C(=O)[C@H](C)[C@@H](O[C@@H]2O[C@H](C)CC(N(C)C)C2O)[C@](C)(OC)C[C@@H](C)C(=O)[C@H](C)[C@H]2N(CC#CCn3cc(-c4cc(F)ccn4)nn3)C(=O)O[C@]12C. The van der Waals surface area contributed by atoms with Crippen molar-refractivity contribution >= 4 is 23.6 Å². The van der Waals surface area contributed by atoms with Gasteiger partial charge in [0.25, 0.3) is 5.67 Å². The summed E-state index contributed by atoms with van der Waals surface area (Å²) >= 11 is 0. The third-order valence-electron chi connectivity index (χ3n) is 12.3. The lowest BCUT2D eigenvalue weighted by Gasteiger charge is -2.47. The zero-order valence-corrected chi connectivity index (χ0v) is 36.2. The largest absolute Gasteiger partial charge is 0.455 e. The number of aliphatic hydroxyl groups is 1. The summed E-state index contributed by atoms with van der Waals surface area (Å²) in [5.74, 6) is -0.810. The summed E-state index contributed by atoms with van der Waals surface area (Å²) in [7, 11) is 4.98. The Labute approximate surface area is 349 Å². The fourth-order valence-electron chi connectivity index (χ4n) is 8.96. The van der Waals surface area contributed by atoms with Gasteiger partial charge in [-0.2, -0.15) is 0 Å². The van der Waals surface area contributed by atoms with Crippen LogP contribution in [0.4, 0.5) is 13.6 Å². The molecule has 0 radical (unpaired) electrons. The van der Waals surface area contributed by atoms with Gasteiger partial charge in [0.05, 0.1) is 42.3 Å². The predicted octanol–water partition coefficient (Wildman–Crippen LogP) is 3.78. The van der Waals surface area contributed by atoms with Crippen LogP contribution in [0.1, 0.15) is 74.7 Å². The Hall–Kier alpha value is -4.41. The van der Waals surface area contributed by atoms with Crippen LogP contribution in [0.2, 0.25) is 0 Å². The minimum atomic E-state index is -3.22. The van der Waals surface area contributed by atoms with Crippen molar-refractivity contribution in [3.63, 3.8) is 0 Å². The van der Waals surface area contributed by atoms with Crippen molar-refractivity contribution in [1.82, 2.24) is 29.8 Å². The van der Waals surface area contributed by atoms with Gasteiger partial charge in [0.2, 0.25) is 0 Å². The summed E-state index contributed by atoms with van der Waals surface area (Å²) in [6, 6.07) is 0.967. The molecule has 18 heteroatoms. The summed E-state index contributed by atoms with van der Waals surface area (Å²) in [6.45, 7) is 11.9. The number of pyridine rings is 1. The second kappa shape index (κ2) is 18.3. The molecular weight excluding hydrogens is 786 g/mol. The third-order valence-corrected chi connectivity index (χ3v) is 12.3. The summed E-state index contributed by atoms with van der Waals surface area (Å²) in [5.41, 5.74) is -5.81. The van der Waals surface area contributed by atoms with Gasteiger partial charge in [-0.3, -0.25) is 19.5 Å². The molecule has 13 atom stereocenters. The van der Waals surface area contributed by atoms with Crippen LogP contribution in [0.5, 0.6) is 0 Å². The standard InChI is InChI=1S/C42H58F2N6O10/c1-12-31-42(8)34(50(39(55)60-42)18-14-13-17-49-22-29(46-47-49)28-20-27(43)15-16-45-28)25(4)32(51)23(2)21-40(6,56-11)36(26(5)35(53)41(7,44)38(54)58-31)59-37-33(52)30(48(9)10)19-24(3)57-37/h15-16,20,22-26,30-31,33-34,36-37,52H,12,17-19,21H2,1-11H3/t23-,24-,25+,26+,30?,31-,33?,34-,36-,37+,40-,41+,42-/m1/s1. The molecule has 0 spiro atoms. The van der Waals surface area contributed by atoms with E-state index in [-0.39, 0.29) is 49.6 Å². The van der Waals surface area contributed by atoms with Crippen LogP contribution < -0.4 is 0 Å². The lowest BCUT2D eigenvalue weighted by Crippen LogP contribution is -2.61. The van der Waals surface area contributed by atoms with Crippen molar-refractivity contribution < 1.29 is 56.7 Å². The van der Waals surface area contributed by atoms with Crippen LogP contribution in [0, 0.1) is 35.4 Å². The Balaban J connectivity index is 1.49. The lowest BCUT2D eigenvalue weighted by atomic mass is 9.73. The maximum atomic E-state index is 16.9. The number of ether oxygens (including phenoxy) is 5.